The van der Waals surface area contributed by atoms with Gasteiger partial charge >= 0.3 is 6.18 Å². The number of nitrogens with zero attached hydrogens (tertiary/aromatic N) is 2. The number of pyridine rings is 1. The first-order valence-electron chi connectivity index (χ1n) is 5.41. The fourth-order valence-corrected chi connectivity index (χ4v) is 1.95. The van der Waals surface area contributed by atoms with Gasteiger partial charge in [0.25, 0.3) is 0 Å². The van der Waals surface area contributed by atoms with Crippen molar-refractivity contribution in [3.63, 3.8) is 0 Å². The summed E-state index contributed by atoms with van der Waals surface area (Å²) >= 11 is 0. The van der Waals surface area contributed by atoms with Crippen LogP contribution < -0.4 is 10.6 Å². The van der Waals surface area contributed by atoms with Crippen LogP contribution in [-0.4, -0.2) is 24.1 Å². The van der Waals surface area contributed by atoms with Crippen molar-refractivity contribution in [3.05, 3.63) is 23.9 Å². The van der Waals surface area contributed by atoms with Crippen molar-refractivity contribution in [1.82, 2.24) is 4.98 Å². The minimum Gasteiger partial charge on any atom is -0.355 e. The van der Waals surface area contributed by atoms with Crippen molar-refractivity contribution in [3.8, 4) is 0 Å². The van der Waals surface area contributed by atoms with Gasteiger partial charge in [0.15, 0.2) is 0 Å². The molecule has 0 saturated carbocycles. The molecular formula is C11H14F3N3. The molecule has 1 fully saturated rings. The molecule has 2 unspecified atom stereocenters. The lowest BCUT2D eigenvalue weighted by Gasteiger charge is -2.18. The highest BCUT2D eigenvalue weighted by Gasteiger charge is 2.33. The summed E-state index contributed by atoms with van der Waals surface area (Å²) in [6.07, 6.45) is -3.14. The van der Waals surface area contributed by atoms with Crippen molar-refractivity contribution in [2.24, 2.45) is 11.7 Å². The predicted octanol–water partition coefficient (Wildman–Crippen LogP) is 1.88. The van der Waals surface area contributed by atoms with E-state index in [9.17, 15) is 13.2 Å². The maximum atomic E-state index is 12.5. The van der Waals surface area contributed by atoms with Crippen LogP contribution in [0.3, 0.4) is 0 Å². The average Bonchev–Trinajstić information content (AvgIpc) is 2.58. The Morgan fingerprint density at radius 3 is 2.65 bits per heavy atom. The standard InChI is InChI=1S/C11H14F3N3/c1-7-5-17(6-9(7)15)10-4-8(2-3-16-10)11(12,13)14/h2-4,7,9H,5-6,15H2,1H3. The number of aromatic nitrogens is 1. The molecule has 17 heavy (non-hydrogen) atoms. The third-order valence-electron chi connectivity index (χ3n) is 3.07. The van der Waals surface area contributed by atoms with Crippen LogP contribution in [0.5, 0.6) is 0 Å². The van der Waals surface area contributed by atoms with E-state index in [0.29, 0.717) is 18.9 Å². The second kappa shape index (κ2) is 4.18. The number of hydrogen-bond donors (Lipinski definition) is 1. The minimum atomic E-state index is -4.33. The van der Waals surface area contributed by atoms with Gasteiger partial charge in [-0.15, -0.1) is 0 Å². The summed E-state index contributed by atoms with van der Waals surface area (Å²) in [6, 6.07) is 2.04. The largest absolute Gasteiger partial charge is 0.416 e. The molecule has 0 radical (unpaired) electrons. The molecule has 2 rings (SSSR count). The number of rotatable bonds is 1. The molecular weight excluding hydrogens is 231 g/mol. The van der Waals surface area contributed by atoms with E-state index in [0.717, 1.165) is 12.1 Å². The molecule has 0 amide bonds. The molecule has 0 spiro atoms. The van der Waals surface area contributed by atoms with Crippen molar-refractivity contribution < 1.29 is 13.2 Å². The van der Waals surface area contributed by atoms with Gasteiger partial charge in [0.2, 0.25) is 0 Å². The lowest BCUT2D eigenvalue weighted by atomic mass is 10.1. The van der Waals surface area contributed by atoms with Crippen LogP contribution in [0.15, 0.2) is 18.3 Å². The van der Waals surface area contributed by atoms with Crippen molar-refractivity contribution in [2.45, 2.75) is 19.1 Å². The van der Waals surface area contributed by atoms with Crippen LogP contribution >= 0.6 is 0 Å². The van der Waals surface area contributed by atoms with Gasteiger partial charge in [0.1, 0.15) is 5.82 Å². The molecule has 3 nitrogen and oxygen atoms in total. The number of nitrogens with two attached hydrogens (primary N) is 1. The fraction of sp³-hybridized carbons (Fsp3) is 0.545. The van der Waals surface area contributed by atoms with E-state index in [2.05, 4.69) is 4.98 Å². The number of halogens is 3. The molecule has 1 aliphatic heterocycles. The maximum absolute atomic E-state index is 12.5. The van der Waals surface area contributed by atoms with Crippen molar-refractivity contribution in [2.75, 3.05) is 18.0 Å². The molecule has 0 aromatic carbocycles. The smallest absolute Gasteiger partial charge is 0.355 e. The molecule has 1 saturated heterocycles. The van der Waals surface area contributed by atoms with Crippen molar-refractivity contribution >= 4 is 5.82 Å². The summed E-state index contributed by atoms with van der Waals surface area (Å²) in [4.78, 5) is 5.77. The summed E-state index contributed by atoms with van der Waals surface area (Å²) in [5, 5.41) is 0. The summed E-state index contributed by atoms with van der Waals surface area (Å²) in [6.45, 7) is 3.18. The van der Waals surface area contributed by atoms with Crippen LogP contribution in [0.1, 0.15) is 12.5 Å². The van der Waals surface area contributed by atoms with Gasteiger partial charge in [0.05, 0.1) is 5.56 Å². The predicted molar refractivity (Wildman–Crippen MR) is 58.6 cm³/mol. The van der Waals surface area contributed by atoms with Crippen LogP contribution in [-0.2, 0) is 6.18 Å². The fourth-order valence-electron chi connectivity index (χ4n) is 1.95. The molecule has 2 heterocycles. The molecule has 1 aliphatic rings. The third-order valence-corrected chi connectivity index (χ3v) is 3.07. The van der Waals surface area contributed by atoms with Gasteiger partial charge in [-0.3, -0.25) is 0 Å². The summed E-state index contributed by atoms with van der Waals surface area (Å²) < 4.78 is 37.6. The zero-order valence-electron chi connectivity index (χ0n) is 9.41. The van der Waals surface area contributed by atoms with Gasteiger partial charge in [-0.25, -0.2) is 4.98 Å². The molecule has 1 aromatic heterocycles. The Hall–Kier alpha value is -1.30. The normalized spacial score (nSPS) is 25.4. The molecule has 6 heteroatoms. The van der Waals surface area contributed by atoms with E-state index in [-0.39, 0.29) is 12.0 Å². The highest BCUT2D eigenvalue weighted by atomic mass is 19.4. The third kappa shape index (κ3) is 2.52. The molecule has 94 valence electrons. The Balaban J connectivity index is 2.23. The lowest BCUT2D eigenvalue weighted by Crippen LogP contribution is -2.28. The Labute approximate surface area is 97.4 Å². The van der Waals surface area contributed by atoms with Crippen LogP contribution in [0.2, 0.25) is 0 Å². The summed E-state index contributed by atoms with van der Waals surface area (Å²) in [5.74, 6) is 0.617. The Kier molecular flexibility index (Phi) is 2.99. The monoisotopic (exact) mass is 245 g/mol. The SMILES string of the molecule is CC1CN(c2cc(C(F)(F)F)ccn2)CC1N. The minimum absolute atomic E-state index is 0.00802. The second-order valence-corrected chi connectivity index (χ2v) is 4.45. The molecule has 2 N–H and O–H groups in total. The zero-order chi connectivity index (χ0) is 12.6. The number of hydrogen-bond acceptors (Lipinski definition) is 3. The van der Waals surface area contributed by atoms with E-state index < -0.39 is 11.7 Å². The van der Waals surface area contributed by atoms with Gasteiger partial charge < -0.3 is 10.6 Å². The summed E-state index contributed by atoms with van der Waals surface area (Å²) in [5.41, 5.74) is 5.17. The van der Waals surface area contributed by atoms with Crippen molar-refractivity contribution in [1.29, 1.82) is 0 Å². The van der Waals surface area contributed by atoms with E-state index in [1.54, 1.807) is 4.90 Å². The summed E-state index contributed by atoms with van der Waals surface area (Å²) in [7, 11) is 0. The first-order valence-corrected chi connectivity index (χ1v) is 5.41. The highest BCUT2D eigenvalue weighted by molar-refractivity contribution is 5.43. The van der Waals surface area contributed by atoms with E-state index in [1.165, 1.54) is 6.20 Å². The number of alkyl halides is 3. The average molecular weight is 245 g/mol. The number of anilines is 1. The van der Waals surface area contributed by atoms with Gasteiger partial charge in [-0.1, -0.05) is 6.92 Å². The maximum Gasteiger partial charge on any atom is 0.416 e. The van der Waals surface area contributed by atoms with E-state index in [1.807, 2.05) is 6.92 Å². The van der Waals surface area contributed by atoms with Gasteiger partial charge in [-0.05, 0) is 18.1 Å². The zero-order valence-corrected chi connectivity index (χ0v) is 9.41. The molecule has 1 aromatic rings. The topological polar surface area (TPSA) is 42.2 Å². The van der Waals surface area contributed by atoms with Crippen LogP contribution in [0.4, 0.5) is 19.0 Å². The van der Waals surface area contributed by atoms with Crippen LogP contribution in [0.25, 0.3) is 0 Å². The van der Waals surface area contributed by atoms with Crippen LogP contribution in [0, 0.1) is 5.92 Å². The highest BCUT2D eigenvalue weighted by Crippen LogP contribution is 2.31. The molecule has 2 atom stereocenters. The Morgan fingerprint density at radius 2 is 2.12 bits per heavy atom. The van der Waals surface area contributed by atoms with Gasteiger partial charge in [0, 0.05) is 25.3 Å². The van der Waals surface area contributed by atoms with E-state index >= 15 is 0 Å². The molecule has 0 aliphatic carbocycles. The van der Waals surface area contributed by atoms with Gasteiger partial charge in [-0.2, -0.15) is 13.2 Å². The second-order valence-electron chi connectivity index (χ2n) is 4.45. The Morgan fingerprint density at radius 1 is 1.41 bits per heavy atom. The first kappa shape index (κ1) is 12.2. The first-order chi connectivity index (χ1) is 7.88. The Bertz CT molecular complexity index is 395. The van der Waals surface area contributed by atoms with E-state index in [4.69, 9.17) is 5.73 Å². The molecule has 0 bridgehead atoms. The quantitative estimate of drug-likeness (QED) is 0.821. The lowest BCUT2D eigenvalue weighted by molar-refractivity contribution is -0.137.